The van der Waals surface area contributed by atoms with Crippen LogP contribution in [0, 0.1) is 11.8 Å². The molecule has 4 nitrogen and oxygen atoms in total. The number of rotatable bonds is 4. The largest absolute Gasteiger partial charge is 0.251 e. The molecule has 2 aromatic heterocycles. The highest BCUT2D eigenvalue weighted by molar-refractivity contribution is 5.30. The second-order valence-electron chi connectivity index (χ2n) is 9.79. The standard InChI is InChI=1S/C23H36N4/c1-14(2)18-10-8-17(6)23-20(18)11-24-27(23)13-26-12-21-19(15(3)4)9-7-16(5)22(21)25-26/h11-12,14-19H,7-10,13H2,1-6H3/t16-,17-,18+,19+/m1/s1. The van der Waals surface area contributed by atoms with Crippen LogP contribution >= 0.6 is 0 Å². The van der Waals surface area contributed by atoms with Crippen molar-refractivity contribution in [1.82, 2.24) is 19.6 Å². The Bertz CT molecular complexity index is 797. The Morgan fingerprint density at radius 3 is 2.22 bits per heavy atom. The van der Waals surface area contributed by atoms with Crippen LogP contribution in [-0.4, -0.2) is 19.6 Å². The van der Waals surface area contributed by atoms with Gasteiger partial charge in [-0.05, 0) is 66.4 Å². The molecule has 0 aromatic carbocycles. The summed E-state index contributed by atoms with van der Waals surface area (Å²) in [6, 6.07) is 0. The molecule has 0 spiro atoms. The Morgan fingerprint density at radius 2 is 1.56 bits per heavy atom. The van der Waals surface area contributed by atoms with Gasteiger partial charge < -0.3 is 0 Å². The van der Waals surface area contributed by atoms with Crippen LogP contribution in [0.5, 0.6) is 0 Å². The molecule has 0 fully saturated rings. The van der Waals surface area contributed by atoms with E-state index in [2.05, 4.69) is 63.3 Å². The van der Waals surface area contributed by atoms with Gasteiger partial charge in [-0.1, -0.05) is 41.5 Å². The Kier molecular flexibility index (Phi) is 4.94. The van der Waals surface area contributed by atoms with Crippen molar-refractivity contribution in [3.05, 3.63) is 34.9 Å². The SMILES string of the molecule is CC(C)[C@@H]1CC[C@@H](C)c2nn(Cn3ncc4c3[C@H](C)CC[C@H]4C(C)C)cc21. The van der Waals surface area contributed by atoms with Gasteiger partial charge in [0.2, 0.25) is 0 Å². The summed E-state index contributed by atoms with van der Waals surface area (Å²) in [5, 5.41) is 9.83. The number of hydrogen-bond donors (Lipinski definition) is 0. The molecule has 0 bridgehead atoms. The molecule has 0 radical (unpaired) electrons. The molecule has 27 heavy (non-hydrogen) atoms. The topological polar surface area (TPSA) is 35.6 Å². The fourth-order valence-corrected chi connectivity index (χ4v) is 5.51. The van der Waals surface area contributed by atoms with E-state index in [1.54, 1.807) is 0 Å². The third-order valence-electron chi connectivity index (χ3n) is 7.17. The molecular formula is C23H36N4. The molecule has 2 aliphatic carbocycles. The minimum Gasteiger partial charge on any atom is -0.251 e. The van der Waals surface area contributed by atoms with Crippen molar-refractivity contribution in [2.24, 2.45) is 11.8 Å². The summed E-state index contributed by atoms with van der Waals surface area (Å²) in [7, 11) is 0. The summed E-state index contributed by atoms with van der Waals surface area (Å²) < 4.78 is 4.38. The van der Waals surface area contributed by atoms with Crippen molar-refractivity contribution in [3.8, 4) is 0 Å². The zero-order valence-corrected chi connectivity index (χ0v) is 17.9. The fourth-order valence-electron chi connectivity index (χ4n) is 5.51. The molecule has 0 saturated carbocycles. The first-order valence-corrected chi connectivity index (χ1v) is 11.0. The van der Waals surface area contributed by atoms with Gasteiger partial charge in [-0.3, -0.25) is 4.68 Å². The van der Waals surface area contributed by atoms with E-state index in [0.717, 1.165) is 6.67 Å². The number of hydrogen-bond acceptors (Lipinski definition) is 2. The molecule has 4 rings (SSSR count). The molecule has 2 aromatic rings. The van der Waals surface area contributed by atoms with Crippen LogP contribution in [0.4, 0.5) is 0 Å². The molecule has 0 amide bonds. The maximum Gasteiger partial charge on any atom is 0.133 e. The highest BCUT2D eigenvalue weighted by atomic mass is 15.4. The van der Waals surface area contributed by atoms with Crippen LogP contribution in [0.1, 0.15) is 113 Å². The zero-order valence-electron chi connectivity index (χ0n) is 17.9. The van der Waals surface area contributed by atoms with E-state index in [9.17, 15) is 0 Å². The Hall–Kier alpha value is -1.58. The lowest BCUT2D eigenvalue weighted by atomic mass is 9.76. The average molecular weight is 369 g/mol. The van der Waals surface area contributed by atoms with Crippen LogP contribution < -0.4 is 0 Å². The summed E-state index contributed by atoms with van der Waals surface area (Å²) in [5.41, 5.74) is 5.74. The molecular weight excluding hydrogens is 332 g/mol. The summed E-state index contributed by atoms with van der Waals surface area (Å²) >= 11 is 0. The Balaban J connectivity index is 1.66. The Labute approximate surface area is 164 Å². The van der Waals surface area contributed by atoms with Gasteiger partial charge in [-0.2, -0.15) is 10.2 Å². The molecule has 0 aliphatic heterocycles. The first-order valence-electron chi connectivity index (χ1n) is 11.0. The summed E-state index contributed by atoms with van der Waals surface area (Å²) in [5.74, 6) is 3.83. The summed E-state index contributed by atoms with van der Waals surface area (Å²) in [4.78, 5) is 0. The minimum absolute atomic E-state index is 0.576. The van der Waals surface area contributed by atoms with E-state index >= 15 is 0 Å². The molecule has 2 heterocycles. The first-order chi connectivity index (χ1) is 12.9. The lowest BCUT2D eigenvalue weighted by Crippen LogP contribution is -2.21. The van der Waals surface area contributed by atoms with E-state index in [1.165, 1.54) is 48.2 Å². The second-order valence-corrected chi connectivity index (χ2v) is 9.79. The van der Waals surface area contributed by atoms with Gasteiger partial charge in [0.05, 0.1) is 11.9 Å². The maximum absolute atomic E-state index is 5.02. The van der Waals surface area contributed by atoms with Gasteiger partial charge in [-0.15, -0.1) is 0 Å². The summed E-state index contributed by atoms with van der Waals surface area (Å²) in [6.07, 6.45) is 9.57. The van der Waals surface area contributed by atoms with Gasteiger partial charge in [0, 0.05) is 17.8 Å². The van der Waals surface area contributed by atoms with Crippen molar-refractivity contribution in [3.63, 3.8) is 0 Å². The van der Waals surface area contributed by atoms with Crippen molar-refractivity contribution in [2.75, 3.05) is 0 Å². The van der Waals surface area contributed by atoms with Crippen LogP contribution in [0.2, 0.25) is 0 Å². The molecule has 2 aliphatic rings. The molecule has 4 atom stereocenters. The van der Waals surface area contributed by atoms with Crippen LogP contribution in [0.25, 0.3) is 0 Å². The van der Waals surface area contributed by atoms with E-state index in [0.29, 0.717) is 35.5 Å². The smallest absolute Gasteiger partial charge is 0.133 e. The zero-order chi connectivity index (χ0) is 19.3. The van der Waals surface area contributed by atoms with Gasteiger partial charge >= 0.3 is 0 Å². The third kappa shape index (κ3) is 3.25. The van der Waals surface area contributed by atoms with Crippen molar-refractivity contribution in [1.29, 1.82) is 0 Å². The van der Waals surface area contributed by atoms with Crippen LogP contribution in [-0.2, 0) is 6.67 Å². The van der Waals surface area contributed by atoms with Crippen molar-refractivity contribution in [2.45, 2.75) is 97.6 Å². The van der Waals surface area contributed by atoms with Gasteiger partial charge in [0.15, 0.2) is 0 Å². The maximum atomic E-state index is 5.02. The highest BCUT2D eigenvalue weighted by Gasteiger charge is 2.32. The molecule has 0 N–H and O–H groups in total. The molecule has 4 heteroatoms. The van der Waals surface area contributed by atoms with E-state index in [-0.39, 0.29) is 0 Å². The average Bonchev–Trinajstić information content (AvgIpc) is 3.21. The van der Waals surface area contributed by atoms with Gasteiger partial charge in [-0.25, -0.2) is 4.68 Å². The lowest BCUT2D eigenvalue weighted by molar-refractivity contribution is 0.387. The van der Waals surface area contributed by atoms with Crippen LogP contribution in [0.3, 0.4) is 0 Å². The normalized spacial score (nSPS) is 27.9. The second kappa shape index (κ2) is 7.10. The fraction of sp³-hybridized carbons (Fsp3) is 0.739. The minimum atomic E-state index is 0.576. The van der Waals surface area contributed by atoms with Crippen LogP contribution in [0.15, 0.2) is 12.4 Å². The first kappa shape index (κ1) is 18.8. The van der Waals surface area contributed by atoms with E-state index in [4.69, 9.17) is 10.2 Å². The predicted molar refractivity (Wildman–Crippen MR) is 110 cm³/mol. The number of aromatic nitrogens is 4. The lowest BCUT2D eigenvalue weighted by Gasteiger charge is -2.30. The van der Waals surface area contributed by atoms with Gasteiger partial charge in [0.25, 0.3) is 0 Å². The molecule has 0 saturated heterocycles. The number of nitrogens with zero attached hydrogens (tertiary/aromatic N) is 4. The number of fused-ring (bicyclic) bond motifs is 2. The van der Waals surface area contributed by atoms with Crippen molar-refractivity contribution < 1.29 is 0 Å². The van der Waals surface area contributed by atoms with E-state index < -0.39 is 0 Å². The predicted octanol–water partition coefficient (Wildman–Crippen LogP) is 5.86. The summed E-state index contributed by atoms with van der Waals surface area (Å²) in [6.45, 7) is 14.8. The molecule has 0 unspecified atom stereocenters. The van der Waals surface area contributed by atoms with E-state index in [1.807, 2.05) is 0 Å². The van der Waals surface area contributed by atoms with Crippen molar-refractivity contribution >= 4 is 0 Å². The Morgan fingerprint density at radius 1 is 0.926 bits per heavy atom. The quantitative estimate of drug-likeness (QED) is 0.677. The third-order valence-corrected chi connectivity index (χ3v) is 7.17. The molecule has 148 valence electrons. The highest BCUT2D eigenvalue weighted by Crippen LogP contribution is 2.43. The van der Waals surface area contributed by atoms with Gasteiger partial charge in [0.1, 0.15) is 6.67 Å². The monoisotopic (exact) mass is 368 g/mol.